The third kappa shape index (κ3) is 1.76. The molecule has 0 unspecified atom stereocenters. The van der Waals surface area contributed by atoms with Crippen molar-refractivity contribution in [2.45, 2.75) is 20.3 Å². The second-order valence-electron chi connectivity index (χ2n) is 2.58. The summed E-state index contributed by atoms with van der Waals surface area (Å²) >= 11 is 0. The highest BCUT2D eigenvalue weighted by atomic mass is 16.5. The molecule has 0 aliphatic heterocycles. The van der Waals surface area contributed by atoms with Gasteiger partial charge in [-0.25, -0.2) is 0 Å². The molecule has 0 radical (unpaired) electrons. The van der Waals surface area contributed by atoms with Crippen molar-refractivity contribution in [2.75, 3.05) is 6.61 Å². The first kappa shape index (κ1) is 8.18. The molecule has 1 aromatic rings. The molecule has 0 amide bonds. The lowest BCUT2D eigenvalue weighted by atomic mass is 10.3. The van der Waals surface area contributed by atoms with Gasteiger partial charge in [0.15, 0.2) is 5.88 Å². The van der Waals surface area contributed by atoms with Gasteiger partial charge in [0.2, 0.25) is 0 Å². The molecule has 0 saturated heterocycles. The summed E-state index contributed by atoms with van der Waals surface area (Å²) in [5.74, 6) is 0.962. The number of rotatable bonds is 3. The number of nitrogens with zero attached hydrogens (tertiary/aromatic N) is 1. The third-order valence-corrected chi connectivity index (χ3v) is 1.72. The van der Waals surface area contributed by atoms with E-state index >= 15 is 0 Å². The van der Waals surface area contributed by atoms with Crippen LogP contribution in [0.15, 0.2) is 12.3 Å². The Morgan fingerprint density at radius 2 is 2.18 bits per heavy atom. The molecule has 11 heavy (non-hydrogen) atoms. The highest BCUT2D eigenvalue weighted by Crippen LogP contribution is 2.15. The molecule has 0 fully saturated rings. The second-order valence-corrected chi connectivity index (χ2v) is 2.58. The van der Waals surface area contributed by atoms with Crippen LogP contribution >= 0.6 is 0 Å². The first-order chi connectivity index (χ1) is 5.27. The Labute approximate surface area is 67.8 Å². The van der Waals surface area contributed by atoms with E-state index in [0.29, 0.717) is 0 Å². The maximum atomic E-state index is 5.38. The predicted octanol–water partition coefficient (Wildman–Crippen LogP) is 1.99. The zero-order valence-electron chi connectivity index (χ0n) is 7.42. The molecule has 0 atom stereocenters. The smallest absolute Gasteiger partial charge is 0.193 e. The van der Waals surface area contributed by atoms with Crippen LogP contribution < -0.4 is 4.74 Å². The van der Waals surface area contributed by atoms with Crippen molar-refractivity contribution in [1.82, 2.24) is 4.57 Å². The monoisotopic (exact) mass is 153 g/mol. The van der Waals surface area contributed by atoms with Gasteiger partial charge in [0, 0.05) is 19.3 Å². The van der Waals surface area contributed by atoms with Crippen LogP contribution in [0.2, 0.25) is 0 Å². The van der Waals surface area contributed by atoms with Crippen molar-refractivity contribution in [2.24, 2.45) is 7.05 Å². The van der Waals surface area contributed by atoms with Crippen molar-refractivity contribution in [1.29, 1.82) is 0 Å². The van der Waals surface area contributed by atoms with Crippen LogP contribution in [-0.4, -0.2) is 11.2 Å². The summed E-state index contributed by atoms with van der Waals surface area (Å²) in [5, 5.41) is 0. The van der Waals surface area contributed by atoms with Crippen LogP contribution in [0.1, 0.15) is 19.4 Å². The van der Waals surface area contributed by atoms with Gasteiger partial charge in [0.1, 0.15) is 0 Å². The Morgan fingerprint density at radius 3 is 2.64 bits per heavy atom. The molecule has 1 aromatic heterocycles. The normalized spacial score (nSPS) is 10.1. The van der Waals surface area contributed by atoms with E-state index in [0.717, 1.165) is 18.9 Å². The van der Waals surface area contributed by atoms with Gasteiger partial charge >= 0.3 is 0 Å². The van der Waals surface area contributed by atoms with Crippen LogP contribution in [-0.2, 0) is 13.5 Å². The molecule has 0 spiro atoms. The van der Waals surface area contributed by atoms with Gasteiger partial charge in [-0.3, -0.25) is 0 Å². The largest absolute Gasteiger partial charge is 0.479 e. The summed E-state index contributed by atoms with van der Waals surface area (Å²) < 4.78 is 7.40. The van der Waals surface area contributed by atoms with Crippen LogP contribution in [0, 0.1) is 0 Å². The van der Waals surface area contributed by atoms with Crippen molar-refractivity contribution in [3.05, 3.63) is 17.8 Å². The van der Waals surface area contributed by atoms with E-state index in [2.05, 4.69) is 19.2 Å². The molecule has 2 heteroatoms. The lowest BCUT2D eigenvalue weighted by molar-refractivity contribution is 0.315. The van der Waals surface area contributed by atoms with Crippen molar-refractivity contribution < 1.29 is 4.74 Å². The molecule has 0 aliphatic carbocycles. The Morgan fingerprint density at radius 1 is 1.45 bits per heavy atom. The van der Waals surface area contributed by atoms with Crippen molar-refractivity contribution in [3.63, 3.8) is 0 Å². The Balaban J connectivity index is 2.79. The molecule has 1 heterocycles. The van der Waals surface area contributed by atoms with Crippen LogP contribution in [0.4, 0.5) is 0 Å². The summed E-state index contributed by atoms with van der Waals surface area (Å²) in [7, 11) is 2.00. The van der Waals surface area contributed by atoms with Crippen LogP contribution in [0.25, 0.3) is 0 Å². The van der Waals surface area contributed by atoms with E-state index in [-0.39, 0.29) is 0 Å². The maximum Gasteiger partial charge on any atom is 0.193 e. The number of hydrogen-bond acceptors (Lipinski definition) is 1. The van der Waals surface area contributed by atoms with Crippen molar-refractivity contribution >= 4 is 0 Å². The SMILES string of the molecule is CCOc1cc(CC)cn1C. The van der Waals surface area contributed by atoms with E-state index in [9.17, 15) is 0 Å². The van der Waals surface area contributed by atoms with Crippen molar-refractivity contribution in [3.8, 4) is 5.88 Å². The zero-order valence-corrected chi connectivity index (χ0v) is 7.42. The summed E-state index contributed by atoms with van der Waals surface area (Å²) in [6.45, 7) is 4.88. The minimum Gasteiger partial charge on any atom is -0.479 e. The summed E-state index contributed by atoms with van der Waals surface area (Å²) in [4.78, 5) is 0. The standard InChI is InChI=1S/C9H15NO/c1-4-8-6-9(11-5-2)10(3)7-8/h6-7H,4-5H2,1-3H3. The average Bonchev–Trinajstić information content (AvgIpc) is 2.33. The van der Waals surface area contributed by atoms with Gasteiger partial charge in [-0.05, 0) is 18.9 Å². The third-order valence-electron chi connectivity index (χ3n) is 1.72. The van der Waals surface area contributed by atoms with E-state index in [1.807, 2.05) is 18.5 Å². The minimum atomic E-state index is 0.737. The predicted molar refractivity (Wildman–Crippen MR) is 46.0 cm³/mol. The highest BCUT2D eigenvalue weighted by molar-refractivity contribution is 5.23. The molecular formula is C9H15NO. The molecule has 1 rings (SSSR count). The van der Waals surface area contributed by atoms with Gasteiger partial charge in [-0.2, -0.15) is 0 Å². The maximum absolute atomic E-state index is 5.38. The van der Waals surface area contributed by atoms with Gasteiger partial charge in [0.25, 0.3) is 0 Å². The first-order valence-corrected chi connectivity index (χ1v) is 4.06. The van der Waals surface area contributed by atoms with Gasteiger partial charge in [-0.1, -0.05) is 6.92 Å². The Hall–Kier alpha value is -0.920. The molecule has 0 saturated carbocycles. The van der Waals surface area contributed by atoms with Crippen LogP contribution in [0.5, 0.6) is 5.88 Å². The molecule has 0 aromatic carbocycles. The quantitative estimate of drug-likeness (QED) is 0.647. The lowest BCUT2D eigenvalue weighted by Gasteiger charge is -2.01. The topological polar surface area (TPSA) is 14.2 Å². The van der Waals surface area contributed by atoms with E-state index in [1.165, 1.54) is 5.56 Å². The summed E-state index contributed by atoms with van der Waals surface area (Å²) in [6, 6.07) is 2.09. The fraction of sp³-hybridized carbons (Fsp3) is 0.556. The molecular weight excluding hydrogens is 138 g/mol. The minimum absolute atomic E-state index is 0.737. The molecule has 62 valence electrons. The Bertz CT molecular complexity index is 227. The lowest BCUT2D eigenvalue weighted by Crippen LogP contribution is -1.96. The molecule has 0 bridgehead atoms. The number of aromatic nitrogens is 1. The van der Waals surface area contributed by atoms with E-state index in [1.54, 1.807) is 0 Å². The molecule has 2 nitrogen and oxygen atoms in total. The summed E-state index contributed by atoms with van der Waals surface area (Å²) in [6.07, 6.45) is 3.17. The van der Waals surface area contributed by atoms with E-state index < -0.39 is 0 Å². The molecule has 0 N–H and O–H groups in total. The zero-order chi connectivity index (χ0) is 8.27. The average molecular weight is 153 g/mol. The fourth-order valence-electron chi connectivity index (χ4n) is 1.09. The van der Waals surface area contributed by atoms with Crippen LogP contribution in [0.3, 0.4) is 0 Å². The number of ether oxygens (including phenoxy) is 1. The first-order valence-electron chi connectivity index (χ1n) is 4.06. The van der Waals surface area contributed by atoms with E-state index in [4.69, 9.17) is 4.74 Å². The second kappa shape index (κ2) is 3.46. The summed E-state index contributed by atoms with van der Waals surface area (Å²) in [5.41, 5.74) is 1.33. The Kier molecular flexibility index (Phi) is 2.58. The van der Waals surface area contributed by atoms with Gasteiger partial charge < -0.3 is 9.30 Å². The highest BCUT2D eigenvalue weighted by Gasteiger charge is 2.00. The van der Waals surface area contributed by atoms with Gasteiger partial charge in [-0.15, -0.1) is 0 Å². The molecule has 0 aliphatic rings. The fourth-order valence-corrected chi connectivity index (χ4v) is 1.09. The number of hydrogen-bond donors (Lipinski definition) is 0. The number of aryl methyl sites for hydroxylation is 2. The van der Waals surface area contributed by atoms with Gasteiger partial charge in [0.05, 0.1) is 6.61 Å².